The van der Waals surface area contributed by atoms with Gasteiger partial charge in [0.2, 0.25) is 11.8 Å². The van der Waals surface area contributed by atoms with Crippen molar-refractivity contribution in [2.45, 2.75) is 51.5 Å². The molecule has 1 aromatic heterocycles. The van der Waals surface area contributed by atoms with Gasteiger partial charge in [-0.1, -0.05) is 5.16 Å². The maximum absolute atomic E-state index is 11.9. The topological polar surface area (TPSA) is 85.2 Å². The Morgan fingerprint density at radius 2 is 2.11 bits per heavy atom. The summed E-state index contributed by atoms with van der Waals surface area (Å²) in [5, 5.41) is 3.94. The summed E-state index contributed by atoms with van der Waals surface area (Å²) in [6.07, 6.45) is 3.81. The zero-order chi connectivity index (χ0) is 13.9. The lowest BCUT2D eigenvalue weighted by atomic mass is 9.77. The summed E-state index contributed by atoms with van der Waals surface area (Å²) < 4.78 is 5.17. The van der Waals surface area contributed by atoms with Crippen LogP contribution in [0.2, 0.25) is 0 Å². The van der Waals surface area contributed by atoms with Gasteiger partial charge in [0.05, 0.1) is 5.54 Å². The molecule has 0 bridgehead atoms. The molecule has 0 aromatic carbocycles. The quantitative estimate of drug-likeness (QED) is 0.836. The van der Waals surface area contributed by atoms with Crippen LogP contribution in [0.4, 0.5) is 0 Å². The van der Waals surface area contributed by atoms with Crippen LogP contribution in [-0.4, -0.2) is 34.0 Å². The third kappa shape index (κ3) is 2.94. The van der Waals surface area contributed by atoms with E-state index in [9.17, 15) is 4.79 Å². The fraction of sp³-hybridized carbons (Fsp3) is 0.769. The van der Waals surface area contributed by atoms with Crippen LogP contribution in [0.5, 0.6) is 0 Å². The smallest absolute Gasteiger partial charge is 0.227 e. The maximum atomic E-state index is 11.9. The molecular formula is C13H22N4O2. The van der Waals surface area contributed by atoms with E-state index in [-0.39, 0.29) is 5.91 Å². The summed E-state index contributed by atoms with van der Waals surface area (Å²) >= 11 is 0. The second kappa shape index (κ2) is 5.69. The summed E-state index contributed by atoms with van der Waals surface area (Å²) in [6.45, 7) is 5.41. The van der Waals surface area contributed by atoms with Crippen molar-refractivity contribution in [3.8, 4) is 0 Å². The minimum atomic E-state index is -0.398. The molecule has 19 heavy (non-hydrogen) atoms. The van der Waals surface area contributed by atoms with Gasteiger partial charge in [-0.15, -0.1) is 0 Å². The van der Waals surface area contributed by atoms with Crippen LogP contribution in [0.1, 0.15) is 51.2 Å². The predicted octanol–water partition coefficient (Wildman–Crippen LogP) is 1.21. The van der Waals surface area contributed by atoms with E-state index in [4.69, 9.17) is 10.3 Å². The van der Waals surface area contributed by atoms with E-state index in [1.54, 1.807) is 4.90 Å². The number of amides is 1. The first-order valence-corrected chi connectivity index (χ1v) is 6.98. The first-order valence-electron chi connectivity index (χ1n) is 6.98. The lowest BCUT2D eigenvalue weighted by Crippen LogP contribution is -2.44. The Labute approximate surface area is 113 Å². The Morgan fingerprint density at radius 1 is 1.42 bits per heavy atom. The predicted molar refractivity (Wildman–Crippen MR) is 70.3 cm³/mol. The Hall–Kier alpha value is -1.43. The molecule has 1 heterocycles. The molecule has 0 saturated heterocycles. The minimum Gasteiger partial charge on any atom is -0.343 e. The molecule has 2 rings (SSSR count). The summed E-state index contributed by atoms with van der Waals surface area (Å²) in [5.74, 6) is 1.21. The monoisotopic (exact) mass is 266 g/mol. The number of carbonyl (C=O) groups is 1. The molecular weight excluding hydrogens is 244 g/mol. The third-order valence-electron chi connectivity index (χ3n) is 3.83. The van der Waals surface area contributed by atoms with E-state index in [0.29, 0.717) is 24.6 Å². The zero-order valence-corrected chi connectivity index (χ0v) is 11.7. The first-order chi connectivity index (χ1) is 9.09. The number of hydrogen-bond donors (Lipinski definition) is 1. The number of nitrogens with two attached hydrogens (primary N) is 1. The fourth-order valence-electron chi connectivity index (χ4n) is 2.29. The second-order valence-electron chi connectivity index (χ2n) is 5.09. The zero-order valence-electron chi connectivity index (χ0n) is 11.7. The van der Waals surface area contributed by atoms with Gasteiger partial charge in [-0.3, -0.25) is 4.79 Å². The van der Waals surface area contributed by atoms with Crippen LogP contribution in [-0.2, 0) is 16.8 Å². The van der Waals surface area contributed by atoms with E-state index >= 15 is 0 Å². The molecule has 1 aliphatic carbocycles. The van der Waals surface area contributed by atoms with Crippen molar-refractivity contribution in [1.29, 1.82) is 0 Å². The highest BCUT2D eigenvalue weighted by Crippen LogP contribution is 2.36. The molecule has 1 aromatic rings. The standard InChI is InChI=1S/C13H22N4O2/c1-3-17(4-2)11(18)7-6-10-15-12(16-19-10)13(14)8-5-9-13/h3-9,14H2,1-2H3. The van der Waals surface area contributed by atoms with Crippen molar-refractivity contribution < 1.29 is 9.32 Å². The van der Waals surface area contributed by atoms with Crippen molar-refractivity contribution in [2.24, 2.45) is 5.73 Å². The van der Waals surface area contributed by atoms with Gasteiger partial charge in [-0.25, -0.2) is 0 Å². The van der Waals surface area contributed by atoms with Crippen molar-refractivity contribution in [3.63, 3.8) is 0 Å². The largest absolute Gasteiger partial charge is 0.343 e. The van der Waals surface area contributed by atoms with Crippen LogP contribution in [0.25, 0.3) is 0 Å². The third-order valence-corrected chi connectivity index (χ3v) is 3.83. The summed E-state index contributed by atoms with van der Waals surface area (Å²) in [6, 6.07) is 0. The van der Waals surface area contributed by atoms with Crippen LogP contribution >= 0.6 is 0 Å². The Kier molecular flexibility index (Phi) is 4.19. The number of aryl methyl sites for hydroxylation is 1. The molecule has 0 radical (unpaired) electrons. The number of carbonyl (C=O) groups excluding carboxylic acids is 1. The molecule has 0 unspecified atom stereocenters. The van der Waals surface area contributed by atoms with Crippen LogP contribution in [0.3, 0.4) is 0 Å². The van der Waals surface area contributed by atoms with Crippen molar-refractivity contribution in [1.82, 2.24) is 15.0 Å². The SMILES string of the molecule is CCN(CC)C(=O)CCc1nc(C2(N)CCC2)no1. The molecule has 6 nitrogen and oxygen atoms in total. The van der Waals surface area contributed by atoms with E-state index in [0.717, 1.165) is 32.4 Å². The molecule has 106 valence electrons. The van der Waals surface area contributed by atoms with Crippen molar-refractivity contribution in [3.05, 3.63) is 11.7 Å². The first kappa shape index (κ1) is 14.0. The van der Waals surface area contributed by atoms with Crippen LogP contribution in [0.15, 0.2) is 4.52 Å². The molecule has 2 N–H and O–H groups in total. The summed E-state index contributed by atoms with van der Waals surface area (Å²) in [4.78, 5) is 18.0. The van der Waals surface area contributed by atoms with Gasteiger partial charge in [-0.2, -0.15) is 4.98 Å². The molecule has 0 spiro atoms. The molecule has 1 saturated carbocycles. The summed E-state index contributed by atoms with van der Waals surface area (Å²) in [5.41, 5.74) is 5.73. The molecule has 0 aliphatic heterocycles. The van der Waals surface area contributed by atoms with Gasteiger partial charge >= 0.3 is 0 Å². The van der Waals surface area contributed by atoms with Gasteiger partial charge in [0.25, 0.3) is 0 Å². The highest BCUT2D eigenvalue weighted by molar-refractivity contribution is 5.76. The van der Waals surface area contributed by atoms with Crippen molar-refractivity contribution in [2.75, 3.05) is 13.1 Å². The fourth-order valence-corrected chi connectivity index (χ4v) is 2.29. The Morgan fingerprint density at radius 3 is 2.63 bits per heavy atom. The van der Waals surface area contributed by atoms with Gasteiger partial charge in [0, 0.05) is 25.9 Å². The lowest BCUT2D eigenvalue weighted by Gasteiger charge is -2.34. The van der Waals surface area contributed by atoms with Crippen LogP contribution in [0, 0.1) is 0 Å². The normalized spacial score (nSPS) is 17.0. The van der Waals surface area contributed by atoms with Crippen molar-refractivity contribution >= 4 is 5.91 Å². The molecule has 1 amide bonds. The molecule has 6 heteroatoms. The highest BCUT2D eigenvalue weighted by atomic mass is 16.5. The van der Waals surface area contributed by atoms with E-state index in [1.807, 2.05) is 13.8 Å². The van der Waals surface area contributed by atoms with E-state index in [1.165, 1.54) is 0 Å². The number of hydrogen-bond acceptors (Lipinski definition) is 5. The van der Waals surface area contributed by atoms with Gasteiger partial charge in [0.1, 0.15) is 0 Å². The minimum absolute atomic E-state index is 0.121. The highest BCUT2D eigenvalue weighted by Gasteiger charge is 2.38. The number of nitrogens with zero attached hydrogens (tertiary/aromatic N) is 3. The average Bonchev–Trinajstić information content (AvgIpc) is 2.84. The Balaban J connectivity index is 1.88. The van der Waals surface area contributed by atoms with Gasteiger partial charge < -0.3 is 15.2 Å². The second-order valence-corrected chi connectivity index (χ2v) is 5.09. The summed E-state index contributed by atoms with van der Waals surface area (Å²) in [7, 11) is 0. The number of rotatable bonds is 6. The Bertz CT molecular complexity index is 436. The van der Waals surface area contributed by atoms with E-state index in [2.05, 4.69) is 10.1 Å². The molecule has 0 atom stereocenters. The van der Waals surface area contributed by atoms with Gasteiger partial charge in [0.15, 0.2) is 5.82 Å². The maximum Gasteiger partial charge on any atom is 0.227 e. The molecule has 1 aliphatic rings. The van der Waals surface area contributed by atoms with Crippen LogP contribution < -0.4 is 5.73 Å². The number of aromatic nitrogens is 2. The lowest BCUT2D eigenvalue weighted by molar-refractivity contribution is -0.130. The van der Waals surface area contributed by atoms with E-state index < -0.39 is 5.54 Å². The molecule has 1 fully saturated rings. The average molecular weight is 266 g/mol. The van der Waals surface area contributed by atoms with Gasteiger partial charge in [-0.05, 0) is 33.1 Å².